The molecule has 4 heterocycles. The minimum absolute atomic E-state index is 0.506. The second-order valence-corrected chi connectivity index (χ2v) is 7.58. The van der Waals surface area contributed by atoms with Gasteiger partial charge in [0.1, 0.15) is 11.6 Å². The van der Waals surface area contributed by atoms with Crippen molar-refractivity contribution in [3.63, 3.8) is 0 Å². The van der Waals surface area contributed by atoms with E-state index in [2.05, 4.69) is 21.1 Å². The summed E-state index contributed by atoms with van der Waals surface area (Å²) in [5, 5.41) is 4.07. The lowest BCUT2D eigenvalue weighted by Gasteiger charge is -2.39. The number of rotatable bonds is 3. The van der Waals surface area contributed by atoms with E-state index in [0.29, 0.717) is 12.0 Å². The molecule has 0 bridgehead atoms. The van der Waals surface area contributed by atoms with Crippen LogP contribution in [0, 0.1) is 20.8 Å². The summed E-state index contributed by atoms with van der Waals surface area (Å²) < 4.78 is 10.8. The Bertz CT molecular complexity index is 740. The zero-order chi connectivity index (χ0) is 18.1. The van der Waals surface area contributed by atoms with Gasteiger partial charge in [-0.2, -0.15) is 0 Å². The molecule has 0 spiro atoms. The largest absolute Gasteiger partial charge is 0.381 e. The number of likely N-dealkylation sites (tertiary alicyclic amines) is 1. The molecule has 4 rings (SSSR count). The van der Waals surface area contributed by atoms with Crippen molar-refractivity contribution < 1.29 is 9.26 Å². The number of aromatic nitrogens is 3. The van der Waals surface area contributed by atoms with Crippen LogP contribution in [-0.4, -0.2) is 52.4 Å². The molecule has 0 aromatic carbocycles. The Kier molecular flexibility index (Phi) is 5.05. The van der Waals surface area contributed by atoms with Crippen molar-refractivity contribution in [3.05, 3.63) is 29.0 Å². The molecule has 140 valence electrons. The topological polar surface area (TPSA) is 64.3 Å². The Morgan fingerprint density at radius 3 is 2.38 bits per heavy atom. The first-order valence-corrected chi connectivity index (χ1v) is 9.72. The van der Waals surface area contributed by atoms with Gasteiger partial charge in [0, 0.05) is 30.9 Å². The summed E-state index contributed by atoms with van der Waals surface area (Å²) in [6, 6.07) is 2.85. The van der Waals surface area contributed by atoms with E-state index in [1.165, 1.54) is 18.5 Å². The van der Waals surface area contributed by atoms with Crippen molar-refractivity contribution in [2.75, 3.05) is 26.3 Å². The molecule has 2 saturated heterocycles. The molecule has 0 aliphatic carbocycles. The minimum Gasteiger partial charge on any atom is -0.381 e. The predicted molar refractivity (Wildman–Crippen MR) is 99.1 cm³/mol. The van der Waals surface area contributed by atoms with Crippen molar-refractivity contribution in [1.82, 2.24) is 20.0 Å². The van der Waals surface area contributed by atoms with Gasteiger partial charge < -0.3 is 14.2 Å². The van der Waals surface area contributed by atoms with Gasteiger partial charge in [0.05, 0.1) is 17.0 Å². The highest BCUT2D eigenvalue weighted by Crippen LogP contribution is 2.32. The van der Waals surface area contributed by atoms with E-state index in [4.69, 9.17) is 14.2 Å². The van der Waals surface area contributed by atoms with Crippen LogP contribution in [0.2, 0.25) is 0 Å². The highest BCUT2D eigenvalue weighted by molar-refractivity contribution is 5.64. The lowest BCUT2D eigenvalue weighted by molar-refractivity contribution is 0.0250. The van der Waals surface area contributed by atoms with Gasteiger partial charge in [-0.05, 0) is 65.6 Å². The first-order valence-electron chi connectivity index (χ1n) is 9.72. The van der Waals surface area contributed by atoms with Gasteiger partial charge in [0.2, 0.25) is 0 Å². The van der Waals surface area contributed by atoms with E-state index in [1.54, 1.807) is 0 Å². The number of hydrogen-bond donors (Lipinski definition) is 0. The molecule has 2 aliphatic rings. The maximum atomic E-state index is 5.51. The van der Waals surface area contributed by atoms with E-state index >= 15 is 0 Å². The fourth-order valence-corrected chi connectivity index (χ4v) is 4.39. The summed E-state index contributed by atoms with van der Waals surface area (Å²) in [6.07, 6.45) is 4.67. The fourth-order valence-electron chi connectivity index (χ4n) is 4.39. The molecule has 0 N–H and O–H groups in total. The maximum Gasteiger partial charge on any atom is 0.143 e. The van der Waals surface area contributed by atoms with Crippen LogP contribution in [0.1, 0.15) is 54.6 Å². The first kappa shape index (κ1) is 17.6. The van der Waals surface area contributed by atoms with Crippen LogP contribution in [-0.2, 0) is 4.74 Å². The molecule has 6 heteroatoms. The average Bonchev–Trinajstić information content (AvgIpc) is 3.00. The Hall–Kier alpha value is -1.79. The summed E-state index contributed by atoms with van der Waals surface area (Å²) in [4.78, 5) is 12.1. The van der Waals surface area contributed by atoms with E-state index in [1.807, 2.05) is 20.8 Å². The zero-order valence-electron chi connectivity index (χ0n) is 16.0. The number of ether oxygens (including phenoxy) is 1. The normalized spacial score (nSPS) is 20.6. The third-order valence-corrected chi connectivity index (χ3v) is 5.80. The van der Waals surface area contributed by atoms with Crippen molar-refractivity contribution in [2.45, 2.75) is 58.4 Å². The van der Waals surface area contributed by atoms with Gasteiger partial charge >= 0.3 is 0 Å². The maximum absolute atomic E-state index is 5.51. The molecule has 2 fully saturated rings. The standard InChI is InChI=1S/C20H28N4O2/c1-13-20(14(2)26-23-13)19-12-18(21-15(3)22-19)16-4-8-24(9-5-16)17-6-10-25-11-7-17/h12,16-17H,4-11H2,1-3H3. The van der Waals surface area contributed by atoms with Gasteiger partial charge in [0.25, 0.3) is 0 Å². The van der Waals surface area contributed by atoms with E-state index < -0.39 is 0 Å². The Morgan fingerprint density at radius 2 is 1.73 bits per heavy atom. The van der Waals surface area contributed by atoms with Crippen LogP contribution in [0.4, 0.5) is 0 Å². The van der Waals surface area contributed by atoms with Crippen LogP contribution in [0.5, 0.6) is 0 Å². The Labute approximate surface area is 154 Å². The van der Waals surface area contributed by atoms with Crippen LogP contribution >= 0.6 is 0 Å². The number of nitrogens with zero attached hydrogens (tertiary/aromatic N) is 4. The summed E-state index contributed by atoms with van der Waals surface area (Å²) in [6.45, 7) is 10.0. The molecule has 2 aromatic heterocycles. The highest BCUT2D eigenvalue weighted by atomic mass is 16.5. The average molecular weight is 356 g/mol. The highest BCUT2D eigenvalue weighted by Gasteiger charge is 2.28. The molecular weight excluding hydrogens is 328 g/mol. The van der Waals surface area contributed by atoms with E-state index in [9.17, 15) is 0 Å². The Balaban J connectivity index is 1.50. The van der Waals surface area contributed by atoms with Gasteiger partial charge in [-0.15, -0.1) is 0 Å². The number of hydrogen-bond acceptors (Lipinski definition) is 6. The summed E-state index contributed by atoms with van der Waals surface area (Å²) in [7, 11) is 0. The molecule has 0 unspecified atom stereocenters. The smallest absolute Gasteiger partial charge is 0.143 e. The summed E-state index contributed by atoms with van der Waals surface area (Å²) in [5.74, 6) is 2.15. The third kappa shape index (κ3) is 3.53. The van der Waals surface area contributed by atoms with Gasteiger partial charge in [-0.3, -0.25) is 0 Å². The summed E-state index contributed by atoms with van der Waals surface area (Å²) in [5.41, 5.74) is 4.01. The van der Waals surface area contributed by atoms with Crippen molar-refractivity contribution in [3.8, 4) is 11.3 Å². The van der Waals surface area contributed by atoms with Crippen LogP contribution in [0.25, 0.3) is 11.3 Å². The van der Waals surface area contributed by atoms with Crippen molar-refractivity contribution in [2.24, 2.45) is 0 Å². The molecule has 0 amide bonds. The summed E-state index contributed by atoms with van der Waals surface area (Å²) >= 11 is 0. The van der Waals surface area contributed by atoms with E-state index in [-0.39, 0.29) is 0 Å². The Morgan fingerprint density at radius 1 is 1.00 bits per heavy atom. The third-order valence-electron chi connectivity index (χ3n) is 5.80. The number of piperidine rings is 1. The SMILES string of the molecule is Cc1nc(-c2c(C)noc2C)cc(C2CCN(C3CCOCC3)CC2)n1. The molecule has 0 atom stereocenters. The molecule has 2 aliphatic heterocycles. The lowest BCUT2D eigenvalue weighted by atomic mass is 9.90. The molecule has 6 nitrogen and oxygen atoms in total. The lowest BCUT2D eigenvalue weighted by Crippen LogP contribution is -2.43. The molecule has 0 radical (unpaired) electrons. The van der Waals surface area contributed by atoms with Crippen LogP contribution < -0.4 is 0 Å². The minimum atomic E-state index is 0.506. The second kappa shape index (κ2) is 7.45. The molecule has 0 saturated carbocycles. The van der Waals surface area contributed by atoms with Gasteiger partial charge in [-0.25, -0.2) is 9.97 Å². The van der Waals surface area contributed by atoms with Crippen LogP contribution in [0.3, 0.4) is 0 Å². The van der Waals surface area contributed by atoms with Crippen molar-refractivity contribution >= 4 is 0 Å². The monoisotopic (exact) mass is 356 g/mol. The van der Waals surface area contributed by atoms with E-state index in [0.717, 1.165) is 67.7 Å². The van der Waals surface area contributed by atoms with Crippen LogP contribution in [0.15, 0.2) is 10.6 Å². The molecule has 2 aromatic rings. The van der Waals surface area contributed by atoms with Gasteiger partial charge in [0.15, 0.2) is 0 Å². The molecular formula is C20H28N4O2. The zero-order valence-corrected chi connectivity index (χ0v) is 16.0. The number of aryl methyl sites for hydroxylation is 3. The van der Waals surface area contributed by atoms with Crippen molar-refractivity contribution in [1.29, 1.82) is 0 Å². The fraction of sp³-hybridized carbons (Fsp3) is 0.650. The second-order valence-electron chi connectivity index (χ2n) is 7.58. The quantitative estimate of drug-likeness (QED) is 0.840. The molecule has 26 heavy (non-hydrogen) atoms. The first-order chi connectivity index (χ1) is 12.6. The van der Waals surface area contributed by atoms with Gasteiger partial charge in [-0.1, -0.05) is 5.16 Å². The predicted octanol–water partition coefficient (Wildman–Crippen LogP) is 3.42.